The van der Waals surface area contributed by atoms with Crippen molar-refractivity contribution in [2.75, 3.05) is 6.61 Å². The van der Waals surface area contributed by atoms with Gasteiger partial charge in [0.05, 0.1) is 12.5 Å². The zero-order valence-electron chi connectivity index (χ0n) is 7.31. The number of esters is 1. The molecule has 0 fully saturated rings. The van der Waals surface area contributed by atoms with E-state index in [4.69, 9.17) is 10.1 Å². The first-order valence-corrected chi connectivity index (χ1v) is 3.85. The van der Waals surface area contributed by atoms with Crippen LogP contribution in [0.5, 0.6) is 0 Å². The molecule has 1 N–H and O–H groups in total. The molecule has 0 aromatic heterocycles. The summed E-state index contributed by atoms with van der Waals surface area (Å²) in [7, 11) is 0. The summed E-state index contributed by atoms with van der Waals surface area (Å²) in [6, 6.07) is 0. The fourth-order valence-corrected chi connectivity index (χ4v) is 0.892. The molecule has 1 unspecified atom stereocenters. The number of hydrogen-bond donors (Lipinski definition) is 1. The summed E-state index contributed by atoms with van der Waals surface area (Å²) in [6.45, 7) is 5.66. The third-order valence-corrected chi connectivity index (χ3v) is 1.50. The first-order chi connectivity index (χ1) is 5.13. The van der Waals surface area contributed by atoms with Crippen LogP contribution in [-0.2, 0) is 9.53 Å². The lowest BCUT2D eigenvalue weighted by Crippen LogP contribution is -2.22. The molecule has 3 heteroatoms. The summed E-state index contributed by atoms with van der Waals surface area (Å²) in [5, 5.41) is 7.26. The number of carbonyl (C=O) groups excluding carboxylic acids is 1. The quantitative estimate of drug-likeness (QED) is 0.498. The Labute approximate surface area is 67.3 Å². The first-order valence-electron chi connectivity index (χ1n) is 3.85. The van der Waals surface area contributed by atoms with Gasteiger partial charge in [0, 0.05) is 5.71 Å². The van der Waals surface area contributed by atoms with Crippen LogP contribution in [0.25, 0.3) is 0 Å². The van der Waals surface area contributed by atoms with E-state index in [1.54, 1.807) is 13.8 Å². The van der Waals surface area contributed by atoms with E-state index < -0.39 is 0 Å². The van der Waals surface area contributed by atoms with Crippen molar-refractivity contribution in [3.05, 3.63) is 0 Å². The van der Waals surface area contributed by atoms with Crippen LogP contribution in [0.2, 0.25) is 0 Å². The van der Waals surface area contributed by atoms with Crippen LogP contribution in [0.4, 0.5) is 0 Å². The molecule has 0 bridgehead atoms. The van der Waals surface area contributed by atoms with E-state index in [1.165, 1.54) is 0 Å². The van der Waals surface area contributed by atoms with Gasteiger partial charge < -0.3 is 10.1 Å². The Morgan fingerprint density at radius 3 is 2.36 bits per heavy atom. The van der Waals surface area contributed by atoms with E-state index in [9.17, 15) is 4.79 Å². The molecule has 64 valence electrons. The van der Waals surface area contributed by atoms with Crippen LogP contribution < -0.4 is 0 Å². The van der Waals surface area contributed by atoms with Crippen molar-refractivity contribution in [3.8, 4) is 0 Å². The zero-order valence-corrected chi connectivity index (χ0v) is 7.31. The predicted molar refractivity (Wildman–Crippen MR) is 43.8 cm³/mol. The SMILES string of the molecule is CCOC(=O)C(CC)C(C)=N. The van der Waals surface area contributed by atoms with Gasteiger partial charge in [0.2, 0.25) is 0 Å². The maximum Gasteiger partial charge on any atom is 0.314 e. The van der Waals surface area contributed by atoms with Crippen molar-refractivity contribution in [1.82, 2.24) is 0 Å². The molecular formula is C8H15NO2. The van der Waals surface area contributed by atoms with Gasteiger partial charge in [0.25, 0.3) is 0 Å². The number of rotatable bonds is 4. The Balaban J connectivity index is 4.03. The minimum absolute atomic E-state index is 0.275. The average Bonchev–Trinajstić information content (AvgIpc) is 1.88. The van der Waals surface area contributed by atoms with Gasteiger partial charge in [-0.05, 0) is 20.3 Å². The monoisotopic (exact) mass is 157 g/mol. The summed E-state index contributed by atoms with van der Waals surface area (Å²) < 4.78 is 4.78. The molecule has 0 aromatic rings. The van der Waals surface area contributed by atoms with E-state index in [2.05, 4.69) is 0 Å². The van der Waals surface area contributed by atoms with Crippen LogP contribution in [0.15, 0.2) is 0 Å². The molecule has 0 amide bonds. The lowest BCUT2D eigenvalue weighted by molar-refractivity contribution is -0.145. The highest BCUT2D eigenvalue weighted by atomic mass is 16.5. The van der Waals surface area contributed by atoms with E-state index in [0.29, 0.717) is 18.7 Å². The van der Waals surface area contributed by atoms with Gasteiger partial charge in [-0.1, -0.05) is 6.92 Å². The second kappa shape index (κ2) is 4.88. The maximum atomic E-state index is 11.1. The maximum absolute atomic E-state index is 11.1. The Hall–Kier alpha value is -0.860. The number of ether oxygens (including phenoxy) is 1. The number of carbonyl (C=O) groups is 1. The molecular weight excluding hydrogens is 142 g/mol. The van der Waals surface area contributed by atoms with Crippen molar-refractivity contribution in [2.45, 2.75) is 27.2 Å². The van der Waals surface area contributed by atoms with Gasteiger partial charge in [0.1, 0.15) is 0 Å². The van der Waals surface area contributed by atoms with Gasteiger partial charge in [-0.3, -0.25) is 4.79 Å². The van der Waals surface area contributed by atoms with Crippen LogP contribution >= 0.6 is 0 Å². The Bertz CT molecular complexity index is 154. The molecule has 0 spiro atoms. The van der Waals surface area contributed by atoms with Gasteiger partial charge in [-0.15, -0.1) is 0 Å². The second-order valence-corrected chi connectivity index (χ2v) is 2.40. The molecule has 3 nitrogen and oxygen atoms in total. The zero-order chi connectivity index (χ0) is 8.85. The third kappa shape index (κ3) is 3.16. The van der Waals surface area contributed by atoms with Gasteiger partial charge in [0.15, 0.2) is 0 Å². The lowest BCUT2D eigenvalue weighted by Gasteiger charge is -2.10. The fourth-order valence-electron chi connectivity index (χ4n) is 0.892. The predicted octanol–water partition coefficient (Wildman–Crippen LogP) is 1.62. The van der Waals surface area contributed by atoms with E-state index >= 15 is 0 Å². The average molecular weight is 157 g/mol. The summed E-state index contributed by atoms with van der Waals surface area (Å²) in [5.41, 5.74) is 0.381. The van der Waals surface area contributed by atoms with Crippen LogP contribution in [0.3, 0.4) is 0 Å². The largest absolute Gasteiger partial charge is 0.465 e. The van der Waals surface area contributed by atoms with E-state index in [-0.39, 0.29) is 11.9 Å². The molecule has 0 aliphatic heterocycles. The summed E-state index contributed by atoms with van der Waals surface area (Å²) in [4.78, 5) is 11.1. The van der Waals surface area contributed by atoms with Gasteiger partial charge >= 0.3 is 5.97 Å². The number of nitrogens with one attached hydrogen (secondary N) is 1. The van der Waals surface area contributed by atoms with Crippen molar-refractivity contribution in [3.63, 3.8) is 0 Å². The molecule has 11 heavy (non-hydrogen) atoms. The second-order valence-electron chi connectivity index (χ2n) is 2.40. The van der Waals surface area contributed by atoms with Gasteiger partial charge in [-0.25, -0.2) is 0 Å². The van der Waals surface area contributed by atoms with Crippen molar-refractivity contribution in [1.29, 1.82) is 5.41 Å². The molecule has 1 atom stereocenters. The molecule has 0 saturated carbocycles. The van der Waals surface area contributed by atoms with E-state index in [1.807, 2.05) is 6.92 Å². The Kier molecular flexibility index (Phi) is 4.50. The molecule has 0 rings (SSSR count). The molecule has 0 saturated heterocycles. The van der Waals surface area contributed by atoms with Crippen molar-refractivity contribution in [2.24, 2.45) is 5.92 Å². The first kappa shape index (κ1) is 10.1. The standard InChI is InChI=1S/C8H15NO2/c1-4-7(6(3)9)8(10)11-5-2/h7,9H,4-5H2,1-3H3. The van der Waals surface area contributed by atoms with Crippen molar-refractivity contribution < 1.29 is 9.53 Å². The minimum atomic E-state index is -0.338. The fraction of sp³-hybridized carbons (Fsp3) is 0.750. The van der Waals surface area contributed by atoms with Crippen LogP contribution in [-0.4, -0.2) is 18.3 Å². The molecule has 0 aliphatic rings. The minimum Gasteiger partial charge on any atom is -0.465 e. The Morgan fingerprint density at radius 1 is 1.55 bits per heavy atom. The third-order valence-electron chi connectivity index (χ3n) is 1.50. The van der Waals surface area contributed by atoms with Crippen molar-refractivity contribution >= 4 is 11.7 Å². The molecule has 0 aromatic carbocycles. The van der Waals surface area contributed by atoms with Crippen LogP contribution in [0, 0.1) is 11.3 Å². The highest BCUT2D eigenvalue weighted by molar-refractivity contribution is 5.99. The normalized spacial score (nSPS) is 12.3. The highest BCUT2D eigenvalue weighted by Gasteiger charge is 2.18. The summed E-state index contributed by atoms with van der Waals surface area (Å²) in [5.74, 6) is -0.613. The van der Waals surface area contributed by atoms with E-state index in [0.717, 1.165) is 0 Å². The lowest BCUT2D eigenvalue weighted by atomic mass is 10.0. The summed E-state index contributed by atoms with van der Waals surface area (Å²) >= 11 is 0. The summed E-state index contributed by atoms with van der Waals surface area (Å²) in [6.07, 6.45) is 0.647. The Morgan fingerprint density at radius 2 is 2.09 bits per heavy atom. The van der Waals surface area contributed by atoms with Gasteiger partial charge in [-0.2, -0.15) is 0 Å². The van der Waals surface area contributed by atoms with Crippen LogP contribution in [0.1, 0.15) is 27.2 Å². The highest BCUT2D eigenvalue weighted by Crippen LogP contribution is 2.06. The molecule has 0 radical (unpaired) electrons. The molecule has 0 aliphatic carbocycles. The number of hydrogen-bond acceptors (Lipinski definition) is 3. The smallest absolute Gasteiger partial charge is 0.314 e. The topological polar surface area (TPSA) is 50.2 Å². The molecule has 0 heterocycles.